The molecule has 43 heavy (non-hydrogen) atoms. The minimum atomic E-state index is 0.570. The van der Waals surface area contributed by atoms with Crippen LogP contribution in [0.1, 0.15) is 0 Å². The first-order valence-electron chi connectivity index (χ1n) is 14.4. The van der Waals surface area contributed by atoms with Gasteiger partial charge in [-0.05, 0) is 62.0 Å². The smallest absolute Gasteiger partial charge is 0.237 e. The Balaban J connectivity index is 1.42. The summed E-state index contributed by atoms with van der Waals surface area (Å²) in [5.74, 6) is 0.580. The van der Waals surface area contributed by atoms with Gasteiger partial charge in [0.05, 0.1) is 11.0 Å². The lowest BCUT2D eigenvalue weighted by Gasteiger charge is -2.11. The Bertz CT molecular complexity index is 2620. The van der Waals surface area contributed by atoms with E-state index in [1.165, 1.54) is 54.6 Å². The summed E-state index contributed by atoms with van der Waals surface area (Å²) in [5, 5.41) is 7.31. The van der Waals surface area contributed by atoms with E-state index in [0.717, 1.165) is 22.3 Å². The molecule has 0 fully saturated rings. The van der Waals surface area contributed by atoms with Crippen LogP contribution in [0.2, 0.25) is 0 Å². The molecule has 0 unspecified atom stereocenters. The van der Waals surface area contributed by atoms with E-state index >= 15 is 0 Å². The lowest BCUT2D eigenvalue weighted by Crippen LogP contribution is -2.05. The van der Waals surface area contributed by atoms with Gasteiger partial charge in [0.25, 0.3) is 0 Å². The molecule has 9 aromatic rings. The molecule has 0 spiro atoms. The van der Waals surface area contributed by atoms with Crippen molar-refractivity contribution in [1.29, 1.82) is 0 Å². The molecular weight excluding hydrogens is 526 g/mol. The maximum Gasteiger partial charge on any atom is 0.237 e. The van der Waals surface area contributed by atoms with Crippen molar-refractivity contribution in [3.63, 3.8) is 0 Å². The predicted octanol–water partition coefficient (Wildman–Crippen LogP) is 9.14. The zero-order valence-corrected chi connectivity index (χ0v) is 22.9. The van der Waals surface area contributed by atoms with Gasteiger partial charge in [-0.2, -0.15) is 4.98 Å². The third-order valence-electron chi connectivity index (χ3n) is 8.83. The van der Waals surface area contributed by atoms with E-state index in [4.69, 9.17) is 9.97 Å². The van der Waals surface area contributed by atoms with Gasteiger partial charge in [-0.15, -0.1) is 0 Å². The van der Waals surface area contributed by atoms with Crippen LogP contribution < -0.4 is 0 Å². The standard InChI is InChI=1S/C38H21N5/c1-2-9-22(10-3-1)35-36-37(40-18-17-39-36)42-38(41-35)43-31-20-24-12-5-4-11-23(24)19-30(31)34-28-16-8-15-27-25-13-6-7-14-26(25)29(33(27)28)21-32(34)43/h1-21H. The highest BCUT2D eigenvalue weighted by Crippen LogP contribution is 2.51. The van der Waals surface area contributed by atoms with Gasteiger partial charge in [-0.25, -0.2) is 15.0 Å². The second kappa shape index (κ2) is 8.30. The lowest BCUT2D eigenvalue weighted by atomic mass is 9.97. The fourth-order valence-corrected chi connectivity index (χ4v) is 7.03. The van der Waals surface area contributed by atoms with Crippen molar-refractivity contribution < 1.29 is 0 Å². The Kier molecular flexibility index (Phi) is 4.39. The van der Waals surface area contributed by atoms with Crippen molar-refractivity contribution in [2.24, 2.45) is 0 Å². The van der Waals surface area contributed by atoms with Crippen LogP contribution in [-0.4, -0.2) is 24.5 Å². The number of rotatable bonds is 2. The highest BCUT2D eigenvalue weighted by molar-refractivity contribution is 6.30. The van der Waals surface area contributed by atoms with E-state index in [9.17, 15) is 0 Å². The Labute approximate surface area is 245 Å². The summed E-state index contributed by atoms with van der Waals surface area (Å²) in [5.41, 5.74) is 10.2. The molecule has 0 saturated heterocycles. The van der Waals surface area contributed by atoms with E-state index in [2.05, 4.69) is 112 Å². The van der Waals surface area contributed by atoms with Crippen LogP contribution in [0.25, 0.3) is 94.0 Å². The molecule has 5 nitrogen and oxygen atoms in total. The minimum absolute atomic E-state index is 0.570. The average molecular weight is 548 g/mol. The van der Waals surface area contributed by atoms with Crippen molar-refractivity contribution in [1.82, 2.24) is 24.5 Å². The molecule has 0 aliphatic heterocycles. The fraction of sp³-hybridized carbons (Fsp3) is 0. The van der Waals surface area contributed by atoms with Crippen molar-refractivity contribution in [3.8, 4) is 39.5 Å². The van der Waals surface area contributed by atoms with Crippen LogP contribution >= 0.6 is 0 Å². The van der Waals surface area contributed by atoms with E-state index in [-0.39, 0.29) is 0 Å². The van der Waals surface area contributed by atoms with E-state index in [1.807, 2.05) is 18.2 Å². The first-order valence-corrected chi connectivity index (χ1v) is 14.4. The molecule has 3 heterocycles. The van der Waals surface area contributed by atoms with E-state index in [0.29, 0.717) is 17.1 Å². The first-order chi connectivity index (χ1) is 21.3. The highest BCUT2D eigenvalue weighted by atomic mass is 15.2. The molecule has 10 rings (SSSR count). The largest absolute Gasteiger partial charge is 0.278 e. The summed E-state index contributed by atoms with van der Waals surface area (Å²) in [6.45, 7) is 0. The summed E-state index contributed by atoms with van der Waals surface area (Å²) in [6.07, 6.45) is 3.40. The zero-order chi connectivity index (χ0) is 28.1. The van der Waals surface area contributed by atoms with Crippen LogP contribution in [0.3, 0.4) is 0 Å². The quantitative estimate of drug-likeness (QED) is 0.217. The number of benzene rings is 6. The van der Waals surface area contributed by atoms with Gasteiger partial charge in [0.15, 0.2) is 5.65 Å². The normalized spacial score (nSPS) is 12.2. The Morgan fingerprint density at radius 3 is 2.07 bits per heavy atom. The highest BCUT2D eigenvalue weighted by Gasteiger charge is 2.26. The van der Waals surface area contributed by atoms with Crippen molar-refractivity contribution in [2.75, 3.05) is 0 Å². The molecule has 1 aliphatic carbocycles. The minimum Gasteiger partial charge on any atom is -0.278 e. The number of hydrogen-bond donors (Lipinski definition) is 0. The third-order valence-corrected chi connectivity index (χ3v) is 8.83. The molecule has 1 aliphatic rings. The molecular formula is C38H21N5. The van der Waals surface area contributed by atoms with Gasteiger partial charge in [0.1, 0.15) is 11.2 Å². The van der Waals surface area contributed by atoms with Gasteiger partial charge < -0.3 is 0 Å². The summed E-state index contributed by atoms with van der Waals surface area (Å²) >= 11 is 0. The number of fused-ring (bicyclic) bond motifs is 9. The molecule has 0 bridgehead atoms. The average Bonchev–Trinajstić information content (AvgIpc) is 3.57. The third kappa shape index (κ3) is 3.05. The van der Waals surface area contributed by atoms with Crippen LogP contribution in [0.15, 0.2) is 128 Å². The number of nitrogens with zero attached hydrogens (tertiary/aromatic N) is 5. The first kappa shape index (κ1) is 22.7. The summed E-state index contributed by atoms with van der Waals surface area (Å²) in [7, 11) is 0. The van der Waals surface area contributed by atoms with Crippen molar-refractivity contribution in [2.45, 2.75) is 0 Å². The SMILES string of the molecule is c1ccc(-c2nc(-n3c4cc5ccccc5cc4c4c5cccc6c5c(cc43)-c3ccccc3-6)nc3nccnc23)cc1. The van der Waals surface area contributed by atoms with E-state index < -0.39 is 0 Å². The molecule has 198 valence electrons. The van der Waals surface area contributed by atoms with Gasteiger partial charge in [0.2, 0.25) is 5.95 Å². The van der Waals surface area contributed by atoms with Crippen LogP contribution in [-0.2, 0) is 0 Å². The zero-order valence-electron chi connectivity index (χ0n) is 22.9. The topological polar surface area (TPSA) is 56.5 Å². The second-order valence-electron chi connectivity index (χ2n) is 11.1. The Hall–Kier alpha value is -5.94. The Morgan fingerprint density at radius 1 is 0.488 bits per heavy atom. The van der Waals surface area contributed by atoms with Crippen LogP contribution in [0.5, 0.6) is 0 Å². The second-order valence-corrected chi connectivity index (χ2v) is 11.1. The monoisotopic (exact) mass is 547 g/mol. The number of hydrogen-bond acceptors (Lipinski definition) is 4. The molecule has 3 aromatic heterocycles. The van der Waals surface area contributed by atoms with Gasteiger partial charge in [-0.1, -0.05) is 97.1 Å². The molecule has 0 saturated carbocycles. The molecule has 5 heteroatoms. The fourth-order valence-electron chi connectivity index (χ4n) is 7.03. The summed E-state index contributed by atoms with van der Waals surface area (Å²) in [6, 6.07) is 41.0. The van der Waals surface area contributed by atoms with Crippen LogP contribution in [0.4, 0.5) is 0 Å². The molecule has 0 radical (unpaired) electrons. The van der Waals surface area contributed by atoms with Gasteiger partial charge in [-0.3, -0.25) is 4.57 Å². The van der Waals surface area contributed by atoms with Crippen molar-refractivity contribution in [3.05, 3.63) is 128 Å². The molecule has 6 aromatic carbocycles. The van der Waals surface area contributed by atoms with Gasteiger partial charge in [0, 0.05) is 28.7 Å². The maximum absolute atomic E-state index is 5.24. The van der Waals surface area contributed by atoms with Crippen LogP contribution in [0, 0.1) is 0 Å². The Morgan fingerprint density at radius 2 is 1.21 bits per heavy atom. The molecule has 0 amide bonds. The summed E-state index contributed by atoms with van der Waals surface area (Å²) < 4.78 is 2.22. The number of aromatic nitrogens is 5. The summed E-state index contributed by atoms with van der Waals surface area (Å²) in [4.78, 5) is 19.6. The van der Waals surface area contributed by atoms with E-state index in [1.54, 1.807) is 12.4 Å². The predicted molar refractivity (Wildman–Crippen MR) is 174 cm³/mol. The molecule has 0 N–H and O–H groups in total. The molecule has 0 atom stereocenters. The van der Waals surface area contributed by atoms with Crippen molar-refractivity contribution >= 4 is 54.5 Å². The lowest BCUT2D eigenvalue weighted by molar-refractivity contribution is 0.999. The van der Waals surface area contributed by atoms with Gasteiger partial charge >= 0.3 is 0 Å². The maximum atomic E-state index is 5.24.